The van der Waals surface area contributed by atoms with E-state index in [9.17, 15) is 9.59 Å². The second-order valence-corrected chi connectivity index (χ2v) is 9.85. The lowest BCUT2D eigenvalue weighted by Gasteiger charge is -2.42. The average molecular weight is 499 g/mol. The number of nitrogens with zero attached hydrogens (tertiary/aromatic N) is 5. The van der Waals surface area contributed by atoms with Crippen molar-refractivity contribution in [2.75, 3.05) is 50.7 Å². The molecule has 3 aliphatic heterocycles. The van der Waals surface area contributed by atoms with Crippen molar-refractivity contribution in [2.24, 2.45) is 0 Å². The first-order valence-electron chi connectivity index (χ1n) is 12.1. The fraction of sp³-hybridized carbons (Fsp3) is 0.500. The van der Waals surface area contributed by atoms with Crippen molar-refractivity contribution in [3.05, 3.63) is 40.8 Å². The smallest absolute Gasteiger partial charge is 0.290 e. The van der Waals surface area contributed by atoms with Gasteiger partial charge in [0.1, 0.15) is 12.4 Å². The minimum absolute atomic E-state index is 0.234. The quantitative estimate of drug-likeness (QED) is 0.573. The Morgan fingerprint density at radius 2 is 1.97 bits per heavy atom. The number of likely N-dealkylation sites (tertiary alicyclic amines) is 1. The first kappa shape index (κ1) is 23.8. The molecule has 0 bridgehead atoms. The van der Waals surface area contributed by atoms with E-state index < -0.39 is 5.91 Å². The highest BCUT2D eigenvalue weighted by Crippen LogP contribution is 2.27. The summed E-state index contributed by atoms with van der Waals surface area (Å²) in [5.41, 5.74) is 0.520. The van der Waals surface area contributed by atoms with E-state index in [-0.39, 0.29) is 11.8 Å². The second kappa shape index (κ2) is 10.8. The molecule has 3 saturated heterocycles. The highest BCUT2D eigenvalue weighted by molar-refractivity contribution is 8.18. The van der Waals surface area contributed by atoms with E-state index in [1.165, 1.54) is 25.9 Å². The number of rotatable bonds is 7. The Balaban J connectivity index is 1.30. The normalized spacial score (nSPS) is 21.6. The minimum atomic E-state index is -0.416. The van der Waals surface area contributed by atoms with Crippen LogP contribution in [-0.4, -0.2) is 82.8 Å². The highest BCUT2D eigenvalue weighted by atomic mass is 32.2. The van der Waals surface area contributed by atoms with Gasteiger partial charge in [-0.2, -0.15) is 4.98 Å². The second-order valence-electron chi connectivity index (χ2n) is 8.84. The van der Waals surface area contributed by atoms with Crippen LogP contribution in [0.2, 0.25) is 0 Å². The van der Waals surface area contributed by atoms with Gasteiger partial charge >= 0.3 is 0 Å². The fourth-order valence-electron chi connectivity index (χ4n) is 4.70. The molecule has 0 aliphatic carbocycles. The zero-order valence-electron chi connectivity index (χ0n) is 19.8. The topological polar surface area (TPSA) is 104 Å². The molecule has 2 amide bonds. The predicted octanol–water partition coefficient (Wildman–Crippen LogP) is 2.58. The highest BCUT2D eigenvalue weighted by Gasteiger charge is 2.29. The van der Waals surface area contributed by atoms with E-state index in [1.807, 2.05) is 6.07 Å². The van der Waals surface area contributed by atoms with Crippen LogP contribution in [0, 0.1) is 0 Å². The number of carbonyl (C=O) groups excluding carboxylic acids is 2. The number of anilines is 1. The first-order valence-corrected chi connectivity index (χ1v) is 12.9. The first-order chi connectivity index (χ1) is 17.1. The number of hydrogen-bond donors (Lipinski definition) is 1. The van der Waals surface area contributed by atoms with Gasteiger partial charge in [0, 0.05) is 38.3 Å². The van der Waals surface area contributed by atoms with Gasteiger partial charge in [-0.25, -0.2) is 4.98 Å². The van der Waals surface area contributed by atoms with Gasteiger partial charge in [0.05, 0.1) is 16.9 Å². The fourth-order valence-corrected chi connectivity index (χ4v) is 5.37. The van der Waals surface area contributed by atoms with Crippen molar-refractivity contribution in [2.45, 2.75) is 32.4 Å². The van der Waals surface area contributed by atoms with Gasteiger partial charge in [-0.1, -0.05) is 6.92 Å². The number of piperidine rings is 1. The van der Waals surface area contributed by atoms with Crippen molar-refractivity contribution in [3.8, 4) is 5.88 Å². The monoisotopic (exact) mass is 498 g/mol. The number of ether oxygens (including phenoxy) is 1. The molecule has 2 aromatic rings. The van der Waals surface area contributed by atoms with Crippen LogP contribution >= 0.6 is 11.8 Å². The molecule has 2 aromatic heterocycles. The molecular weight excluding hydrogens is 468 g/mol. The summed E-state index contributed by atoms with van der Waals surface area (Å²) in [7, 11) is 0. The third kappa shape index (κ3) is 5.85. The maximum absolute atomic E-state index is 12.0. The summed E-state index contributed by atoms with van der Waals surface area (Å²) >= 11 is 0.867. The van der Waals surface area contributed by atoms with Crippen LogP contribution in [0.15, 0.2) is 33.8 Å². The maximum Gasteiger partial charge on any atom is 0.290 e. The van der Waals surface area contributed by atoms with Crippen LogP contribution in [0.5, 0.6) is 5.88 Å². The number of aromatic nitrogens is 2. The molecule has 3 aliphatic rings. The van der Waals surface area contributed by atoms with Crippen molar-refractivity contribution >= 4 is 34.9 Å². The molecule has 186 valence electrons. The van der Waals surface area contributed by atoms with Crippen LogP contribution in [0.1, 0.15) is 31.2 Å². The number of hydrogen-bond acceptors (Lipinski definition) is 10. The number of piperazine rings is 1. The van der Waals surface area contributed by atoms with Gasteiger partial charge in [0.25, 0.3) is 11.1 Å². The SMILES string of the molecule is CCN1CCC(N2CCN(c3nc(C=C4SC(=O)NC4=O)cc(OCc4ccco4)n3)CC2)CC1. The van der Waals surface area contributed by atoms with Gasteiger partial charge in [0.15, 0.2) is 0 Å². The van der Waals surface area contributed by atoms with Crippen molar-refractivity contribution < 1.29 is 18.7 Å². The van der Waals surface area contributed by atoms with Crippen molar-refractivity contribution in [1.29, 1.82) is 0 Å². The summed E-state index contributed by atoms with van der Waals surface area (Å²) in [6.07, 6.45) is 5.64. The predicted molar refractivity (Wildman–Crippen MR) is 133 cm³/mol. The van der Waals surface area contributed by atoms with E-state index in [2.05, 4.69) is 36.9 Å². The molecule has 0 saturated carbocycles. The van der Waals surface area contributed by atoms with Crippen LogP contribution in [0.25, 0.3) is 6.08 Å². The lowest BCUT2D eigenvalue weighted by Crippen LogP contribution is -2.53. The Morgan fingerprint density at radius 3 is 2.63 bits per heavy atom. The summed E-state index contributed by atoms with van der Waals surface area (Å²) in [6.45, 7) is 9.49. The van der Waals surface area contributed by atoms with Gasteiger partial charge in [0.2, 0.25) is 11.8 Å². The van der Waals surface area contributed by atoms with Gasteiger partial charge in [-0.05, 0) is 62.4 Å². The summed E-state index contributed by atoms with van der Waals surface area (Å²) in [5, 5.41) is 1.89. The zero-order chi connectivity index (χ0) is 24.2. The molecule has 10 nitrogen and oxygen atoms in total. The Bertz CT molecular complexity index is 1080. The molecular formula is C24H30N6O4S. The molecule has 35 heavy (non-hydrogen) atoms. The molecule has 0 unspecified atom stereocenters. The molecule has 11 heteroatoms. The Hall–Kier alpha value is -2.89. The molecule has 3 fully saturated rings. The van der Waals surface area contributed by atoms with E-state index in [1.54, 1.807) is 24.5 Å². The van der Waals surface area contributed by atoms with E-state index in [0.29, 0.717) is 34.2 Å². The average Bonchev–Trinajstić information content (AvgIpc) is 3.52. The molecule has 0 radical (unpaired) electrons. The van der Waals surface area contributed by atoms with Crippen molar-refractivity contribution in [1.82, 2.24) is 25.1 Å². The molecule has 0 spiro atoms. The Labute approximate surface area is 208 Å². The number of nitrogens with one attached hydrogen (secondary N) is 1. The largest absolute Gasteiger partial charge is 0.469 e. The standard InChI is InChI=1S/C24H30N6O4S/c1-2-28-7-5-18(6-8-28)29-9-11-30(12-10-29)23-25-17(14-20-22(31)27-24(32)35-20)15-21(26-23)34-16-19-4-3-13-33-19/h3-4,13-15,18H,2,5-12,16H2,1H3,(H,27,31,32). The van der Waals surface area contributed by atoms with Gasteiger partial charge < -0.3 is 19.0 Å². The van der Waals surface area contributed by atoms with Gasteiger partial charge in [-0.15, -0.1) is 0 Å². The lowest BCUT2D eigenvalue weighted by atomic mass is 10.0. The molecule has 0 aromatic carbocycles. The zero-order valence-corrected chi connectivity index (χ0v) is 20.6. The van der Waals surface area contributed by atoms with E-state index in [4.69, 9.17) is 9.15 Å². The third-order valence-corrected chi connectivity index (χ3v) is 7.50. The van der Waals surface area contributed by atoms with Crippen molar-refractivity contribution in [3.63, 3.8) is 0 Å². The summed E-state index contributed by atoms with van der Waals surface area (Å²) in [4.78, 5) is 40.5. The van der Waals surface area contributed by atoms with Crippen LogP contribution < -0.4 is 15.0 Å². The summed E-state index contributed by atoms with van der Waals surface area (Å²) in [6, 6.07) is 5.95. The van der Waals surface area contributed by atoms with Crippen LogP contribution in [0.3, 0.4) is 0 Å². The molecule has 0 atom stereocenters. The minimum Gasteiger partial charge on any atom is -0.469 e. The number of amides is 2. The number of furan rings is 1. The Kier molecular flexibility index (Phi) is 7.35. The summed E-state index contributed by atoms with van der Waals surface area (Å²) in [5.74, 6) is 1.22. The lowest BCUT2D eigenvalue weighted by molar-refractivity contribution is -0.115. The van der Waals surface area contributed by atoms with Gasteiger partial charge in [-0.3, -0.25) is 19.8 Å². The maximum atomic E-state index is 12.0. The number of carbonyl (C=O) groups is 2. The van der Waals surface area contributed by atoms with Crippen LogP contribution in [-0.2, 0) is 11.4 Å². The number of imide groups is 1. The molecule has 5 rings (SSSR count). The van der Waals surface area contributed by atoms with E-state index >= 15 is 0 Å². The Morgan fingerprint density at radius 1 is 1.17 bits per heavy atom. The number of thioether (sulfide) groups is 1. The summed E-state index contributed by atoms with van der Waals surface area (Å²) < 4.78 is 11.2. The molecule has 5 heterocycles. The van der Waals surface area contributed by atoms with Crippen LogP contribution in [0.4, 0.5) is 10.7 Å². The van der Waals surface area contributed by atoms with E-state index in [0.717, 1.165) is 44.5 Å². The molecule has 1 N–H and O–H groups in total. The third-order valence-electron chi connectivity index (χ3n) is 6.69.